The Morgan fingerprint density at radius 3 is 2.80 bits per heavy atom. The van der Waals surface area contributed by atoms with E-state index in [4.69, 9.17) is 0 Å². The zero-order chi connectivity index (χ0) is 11.3. The van der Waals surface area contributed by atoms with Gasteiger partial charge in [-0.25, -0.2) is 8.78 Å². The lowest BCUT2D eigenvalue weighted by Gasteiger charge is -2.02. The molecule has 0 bridgehead atoms. The van der Waals surface area contributed by atoms with E-state index < -0.39 is 11.6 Å². The quantitative estimate of drug-likeness (QED) is 0.750. The SMILES string of the molecule is COCC(=O)CCc1cc(F)ccc1F. The van der Waals surface area contributed by atoms with Crippen molar-refractivity contribution < 1.29 is 18.3 Å². The Morgan fingerprint density at radius 2 is 2.13 bits per heavy atom. The fourth-order valence-corrected chi connectivity index (χ4v) is 1.24. The molecular weight excluding hydrogens is 202 g/mol. The lowest BCUT2D eigenvalue weighted by Crippen LogP contribution is -2.08. The van der Waals surface area contributed by atoms with Crippen molar-refractivity contribution in [3.05, 3.63) is 35.4 Å². The van der Waals surface area contributed by atoms with Crippen molar-refractivity contribution in [3.63, 3.8) is 0 Å². The maximum Gasteiger partial charge on any atom is 0.158 e. The van der Waals surface area contributed by atoms with Crippen molar-refractivity contribution in [3.8, 4) is 0 Å². The first-order chi connectivity index (χ1) is 7.13. The van der Waals surface area contributed by atoms with Gasteiger partial charge in [-0.3, -0.25) is 4.79 Å². The predicted octanol–water partition coefficient (Wildman–Crippen LogP) is 2.11. The van der Waals surface area contributed by atoms with Gasteiger partial charge in [0.2, 0.25) is 0 Å². The van der Waals surface area contributed by atoms with E-state index in [9.17, 15) is 13.6 Å². The van der Waals surface area contributed by atoms with E-state index in [1.54, 1.807) is 0 Å². The summed E-state index contributed by atoms with van der Waals surface area (Å²) >= 11 is 0. The summed E-state index contributed by atoms with van der Waals surface area (Å²) < 4.78 is 30.5. The van der Waals surface area contributed by atoms with Crippen LogP contribution in [0.5, 0.6) is 0 Å². The Hall–Kier alpha value is -1.29. The number of ether oxygens (including phenoxy) is 1. The molecule has 1 aromatic carbocycles. The number of ketones is 1. The number of rotatable bonds is 5. The van der Waals surface area contributed by atoms with E-state index in [1.165, 1.54) is 7.11 Å². The number of carbonyl (C=O) groups is 1. The van der Waals surface area contributed by atoms with Crippen molar-refractivity contribution in [1.82, 2.24) is 0 Å². The lowest BCUT2D eigenvalue weighted by molar-refractivity contribution is -0.122. The van der Waals surface area contributed by atoms with Crippen LogP contribution < -0.4 is 0 Å². The van der Waals surface area contributed by atoms with Crippen molar-refractivity contribution in [2.45, 2.75) is 12.8 Å². The smallest absolute Gasteiger partial charge is 0.158 e. The molecule has 2 nitrogen and oxygen atoms in total. The molecule has 82 valence electrons. The van der Waals surface area contributed by atoms with Crippen LogP contribution in [0, 0.1) is 11.6 Å². The fourth-order valence-electron chi connectivity index (χ4n) is 1.24. The highest BCUT2D eigenvalue weighted by Gasteiger charge is 2.07. The molecule has 0 saturated heterocycles. The van der Waals surface area contributed by atoms with Crippen molar-refractivity contribution in [2.24, 2.45) is 0 Å². The lowest BCUT2D eigenvalue weighted by atomic mass is 10.1. The van der Waals surface area contributed by atoms with Gasteiger partial charge in [0.25, 0.3) is 0 Å². The second kappa shape index (κ2) is 5.56. The highest BCUT2D eigenvalue weighted by atomic mass is 19.1. The summed E-state index contributed by atoms with van der Waals surface area (Å²) in [6.45, 7) is 0.0108. The van der Waals surface area contributed by atoms with Gasteiger partial charge in [0.05, 0.1) is 0 Å². The summed E-state index contributed by atoms with van der Waals surface area (Å²) in [5.41, 5.74) is 0.222. The minimum atomic E-state index is -0.495. The normalized spacial score (nSPS) is 10.3. The summed E-state index contributed by atoms with van der Waals surface area (Å²) in [5, 5.41) is 0. The topological polar surface area (TPSA) is 26.3 Å². The van der Waals surface area contributed by atoms with Gasteiger partial charge >= 0.3 is 0 Å². The molecule has 0 aromatic heterocycles. The number of carbonyl (C=O) groups excluding carboxylic acids is 1. The number of halogens is 2. The minimum Gasteiger partial charge on any atom is -0.377 e. The molecule has 0 atom stereocenters. The predicted molar refractivity (Wildman–Crippen MR) is 51.6 cm³/mol. The molecule has 0 radical (unpaired) electrons. The Bertz CT molecular complexity index is 350. The van der Waals surface area contributed by atoms with Crippen LogP contribution in [0.25, 0.3) is 0 Å². The van der Waals surface area contributed by atoms with Crippen LogP contribution in [0.4, 0.5) is 8.78 Å². The molecule has 4 heteroatoms. The second-order valence-corrected chi connectivity index (χ2v) is 3.21. The van der Waals surface area contributed by atoms with E-state index in [0.717, 1.165) is 18.2 Å². The molecule has 0 amide bonds. The number of hydrogen-bond acceptors (Lipinski definition) is 2. The number of aryl methyl sites for hydroxylation is 1. The Kier molecular flexibility index (Phi) is 4.37. The third kappa shape index (κ3) is 3.75. The monoisotopic (exact) mass is 214 g/mol. The van der Waals surface area contributed by atoms with Gasteiger partial charge in [-0.1, -0.05) is 0 Å². The molecule has 0 aliphatic rings. The van der Waals surface area contributed by atoms with Crippen LogP contribution in [-0.2, 0) is 16.0 Å². The van der Waals surface area contributed by atoms with E-state index >= 15 is 0 Å². The zero-order valence-corrected chi connectivity index (χ0v) is 8.43. The van der Waals surface area contributed by atoms with Gasteiger partial charge < -0.3 is 4.74 Å². The maximum absolute atomic E-state index is 13.1. The number of methoxy groups -OCH3 is 1. The summed E-state index contributed by atoms with van der Waals surface area (Å²) in [4.78, 5) is 11.1. The second-order valence-electron chi connectivity index (χ2n) is 3.21. The first kappa shape index (κ1) is 11.8. The Balaban J connectivity index is 2.57. The Morgan fingerprint density at radius 1 is 1.40 bits per heavy atom. The van der Waals surface area contributed by atoms with Gasteiger partial charge in [-0.05, 0) is 30.2 Å². The molecule has 0 unspecified atom stereocenters. The number of benzene rings is 1. The zero-order valence-electron chi connectivity index (χ0n) is 8.43. The van der Waals surface area contributed by atoms with Crippen molar-refractivity contribution in [1.29, 1.82) is 0 Å². The van der Waals surface area contributed by atoms with Crippen LogP contribution in [0.15, 0.2) is 18.2 Å². The van der Waals surface area contributed by atoms with Crippen LogP contribution in [0.3, 0.4) is 0 Å². The van der Waals surface area contributed by atoms with Gasteiger partial charge in [0.1, 0.15) is 18.2 Å². The molecule has 0 aliphatic carbocycles. The largest absolute Gasteiger partial charge is 0.377 e. The first-order valence-corrected chi connectivity index (χ1v) is 4.58. The summed E-state index contributed by atoms with van der Waals surface area (Å²) in [6, 6.07) is 3.22. The third-order valence-electron chi connectivity index (χ3n) is 1.99. The highest BCUT2D eigenvalue weighted by Crippen LogP contribution is 2.11. The molecule has 1 rings (SSSR count). The van der Waals surface area contributed by atoms with E-state index in [1.807, 2.05) is 0 Å². The van der Waals surface area contributed by atoms with Crippen molar-refractivity contribution >= 4 is 5.78 Å². The fraction of sp³-hybridized carbons (Fsp3) is 0.364. The van der Waals surface area contributed by atoms with E-state index in [0.29, 0.717) is 0 Å². The number of hydrogen-bond donors (Lipinski definition) is 0. The average Bonchev–Trinajstić information content (AvgIpc) is 2.20. The van der Waals surface area contributed by atoms with Gasteiger partial charge in [-0.15, -0.1) is 0 Å². The minimum absolute atomic E-state index is 0.0108. The standard InChI is InChI=1S/C11H12F2O2/c1-15-7-10(14)4-2-8-6-9(12)3-5-11(8)13/h3,5-6H,2,4,7H2,1H3. The summed E-state index contributed by atoms with van der Waals surface area (Å²) in [7, 11) is 1.42. The molecule has 0 heterocycles. The Labute approximate surface area is 86.9 Å². The van der Waals surface area contributed by atoms with Gasteiger partial charge in [0, 0.05) is 13.5 Å². The molecule has 0 saturated carbocycles. The van der Waals surface area contributed by atoms with Crippen LogP contribution in [0.1, 0.15) is 12.0 Å². The molecule has 0 N–H and O–H groups in total. The molecular formula is C11H12F2O2. The van der Waals surface area contributed by atoms with Gasteiger partial charge in [0.15, 0.2) is 5.78 Å². The highest BCUT2D eigenvalue weighted by molar-refractivity contribution is 5.79. The molecule has 1 aromatic rings. The average molecular weight is 214 g/mol. The molecule has 15 heavy (non-hydrogen) atoms. The summed E-state index contributed by atoms with van der Waals surface area (Å²) in [5.74, 6) is -1.10. The number of Topliss-reactive ketones (excluding diaryl/α,β-unsaturated/α-hetero) is 1. The summed E-state index contributed by atoms with van der Waals surface area (Å²) in [6.07, 6.45) is 0.361. The first-order valence-electron chi connectivity index (χ1n) is 4.58. The molecule has 0 spiro atoms. The van der Waals surface area contributed by atoms with Gasteiger partial charge in [-0.2, -0.15) is 0 Å². The van der Waals surface area contributed by atoms with Crippen molar-refractivity contribution in [2.75, 3.05) is 13.7 Å². The third-order valence-corrected chi connectivity index (χ3v) is 1.99. The molecule has 0 aliphatic heterocycles. The van der Waals surface area contributed by atoms with Crippen LogP contribution in [-0.4, -0.2) is 19.5 Å². The van der Waals surface area contributed by atoms with E-state index in [-0.39, 0.29) is 30.8 Å². The van der Waals surface area contributed by atoms with E-state index in [2.05, 4.69) is 4.74 Å². The maximum atomic E-state index is 13.1. The van der Waals surface area contributed by atoms with Crippen LogP contribution >= 0.6 is 0 Å². The van der Waals surface area contributed by atoms with Crippen LogP contribution in [0.2, 0.25) is 0 Å². The molecule has 0 fully saturated rings.